The normalized spacial score (nSPS) is 17.0. The predicted molar refractivity (Wildman–Crippen MR) is 78.3 cm³/mol. The SMILES string of the molecule is O=S(=O)(CCCCN1CCOCC1)c1cc(O)ccc1O. The van der Waals surface area contributed by atoms with E-state index in [0.717, 1.165) is 45.3 Å². The van der Waals surface area contributed by atoms with Crippen LogP contribution in [0.1, 0.15) is 12.8 Å². The summed E-state index contributed by atoms with van der Waals surface area (Å²) in [6.45, 7) is 4.09. The predicted octanol–water partition coefficient (Wildman–Crippen LogP) is 0.984. The Balaban J connectivity index is 1.85. The maximum atomic E-state index is 12.2. The Hall–Kier alpha value is -1.31. The first-order chi connectivity index (χ1) is 9.99. The van der Waals surface area contributed by atoms with Crippen LogP contribution in [0.25, 0.3) is 0 Å². The van der Waals surface area contributed by atoms with Gasteiger partial charge < -0.3 is 14.9 Å². The summed E-state index contributed by atoms with van der Waals surface area (Å²) in [5, 5.41) is 19.0. The molecule has 0 saturated carbocycles. The van der Waals surface area contributed by atoms with Crippen molar-refractivity contribution in [2.75, 3.05) is 38.6 Å². The van der Waals surface area contributed by atoms with E-state index in [-0.39, 0.29) is 22.1 Å². The van der Waals surface area contributed by atoms with Crippen LogP contribution in [0.4, 0.5) is 0 Å². The van der Waals surface area contributed by atoms with E-state index >= 15 is 0 Å². The zero-order chi connectivity index (χ0) is 15.3. The molecule has 1 heterocycles. The lowest BCUT2D eigenvalue weighted by Gasteiger charge is -2.26. The van der Waals surface area contributed by atoms with Gasteiger partial charge in [0.05, 0.1) is 19.0 Å². The molecule has 0 radical (unpaired) electrons. The number of nitrogens with zero attached hydrogens (tertiary/aromatic N) is 1. The Bertz CT molecular complexity index is 567. The van der Waals surface area contributed by atoms with Gasteiger partial charge in [0.1, 0.15) is 16.4 Å². The molecule has 2 N–H and O–H groups in total. The average Bonchev–Trinajstić information content (AvgIpc) is 2.47. The first kappa shape index (κ1) is 16.1. The van der Waals surface area contributed by atoms with Crippen molar-refractivity contribution in [3.63, 3.8) is 0 Å². The third-order valence-corrected chi connectivity index (χ3v) is 5.34. The van der Waals surface area contributed by atoms with Gasteiger partial charge in [-0.15, -0.1) is 0 Å². The Morgan fingerprint density at radius 3 is 2.57 bits per heavy atom. The summed E-state index contributed by atoms with van der Waals surface area (Å²) in [5.41, 5.74) is 0. The smallest absolute Gasteiger partial charge is 0.182 e. The highest BCUT2D eigenvalue weighted by atomic mass is 32.2. The standard InChI is InChI=1S/C14H21NO5S/c16-12-3-4-13(17)14(11-12)21(18,19)10-2-1-5-15-6-8-20-9-7-15/h3-4,11,16-17H,1-2,5-10H2. The molecule has 2 rings (SSSR count). The van der Waals surface area contributed by atoms with E-state index in [9.17, 15) is 18.6 Å². The molecular weight excluding hydrogens is 294 g/mol. The lowest BCUT2D eigenvalue weighted by molar-refractivity contribution is 0.0373. The quantitative estimate of drug-likeness (QED) is 0.601. The number of benzene rings is 1. The lowest BCUT2D eigenvalue weighted by Crippen LogP contribution is -2.36. The number of hydrogen-bond acceptors (Lipinski definition) is 6. The van der Waals surface area contributed by atoms with Gasteiger partial charge in [0.15, 0.2) is 9.84 Å². The molecule has 1 saturated heterocycles. The summed E-state index contributed by atoms with van der Waals surface area (Å²) < 4.78 is 29.6. The van der Waals surface area contributed by atoms with Crippen LogP contribution >= 0.6 is 0 Å². The molecule has 118 valence electrons. The van der Waals surface area contributed by atoms with E-state index in [2.05, 4.69) is 4.90 Å². The third-order valence-electron chi connectivity index (χ3n) is 3.52. The molecular formula is C14H21NO5S. The van der Waals surface area contributed by atoms with Gasteiger partial charge in [0, 0.05) is 19.2 Å². The highest BCUT2D eigenvalue weighted by Crippen LogP contribution is 2.27. The first-order valence-corrected chi connectivity index (χ1v) is 8.69. The number of sulfone groups is 1. The minimum Gasteiger partial charge on any atom is -0.508 e. The minimum atomic E-state index is -3.57. The number of unbranched alkanes of at least 4 members (excludes halogenated alkanes) is 1. The second-order valence-electron chi connectivity index (χ2n) is 5.13. The summed E-state index contributed by atoms with van der Waals surface area (Å²) in [5.74, 6) is -0.519. The highest BCUT2D eigenvalue weighted by molar-refractivity contribution is 7.91. The Kier molecular flexibility index (Phi) is 5.44. The van der Waals surface area contributed by atoms with E-state index in [0.29, 0.717) is 6.42 Å². The maximum Gasteiger partial charge on any atom is 0.182 e. The molecule has 0 bridgehead atoms. The summed E-state index contributed by atoms with van der Waals surface area (Å²) >= 11 is 0. The Labute approximate surface area is 124 Å². The molecule has 7 heteroatoms. The molecule has 0 aliphatic carbocycles. The van der Waals surface area contributed by atoms with Crippen LogP contribution in [0.2, 0.25) is 0 Å². The molecule has 0 unspecified atom stereocenters. The lowest BCUT2D eigenvalue weighted by atomic mass is 10.3. The minimum absolute atomic E-state index is 0.0334. The number of aromatic hydroxyl groups is 2. The topological polar surface area (TPSA) is 87.1 Å². The van der Waals surface area contributed by atoms with Crippen LogP contribution < -0.4 is 0 Å². The van der Waals surface area contributed by atoms with Crippen LogP contribution in [0.5, 0.6) is 11.5 Å². The molecule has 0 amide bonds. The summed E-state index contributed by atoms with van der Waals surface area (Å²) in [7, 11) is -3.57. The second kappa shape index (κ2) is 7.11. The van der Waals surface area contributed by atoms with Crippen molar-refractivity contribution >= 4 is 9.84 Å². The van der Waals surface area contributed by atoms with Crippen molar-refractivity contribution < 1.29 is 23.4 Å². The van der Waals surface area contributed by atoms with Gasteiger partial charge in [-0.05, 0) is 31.5 Å². The van der Waals surface area contributed by atoms with Crippen molar-refractivity contribution in [3.8, 4) is 11.5 Å². The molecule has 1 aliphatic rings. The van der Waals surface area contributed by atoms with Crippen LogP contribution in [0.3, 0.4) is 0 Å². The molecule has 0 atom stereocenters. The molecule has 1 aromatic carbocycles. The van der Waals surface area contributed by atoms with Crippen molar-refractivity contribution in [3.05, 3.63) is 18.2 Å². The van der Waals surface area contributed by atoms with Crippen molar-refractivity contribution in [2.24, 2.45) is 0 Å². The Morgan fingerprint density at radius 2 is 1.86 bits per heavy atom. The molecule has 1 fully saturated rings. The summed E-state index contributed by atoms with van der Waals surface area (Å²) in [6, 6.07) is 3.54. The van der Waals surface area contributed by atoms with Gasteiger partial charge in [-0.1, -0.05) is 0 Å². The van der Waals surface area contributed by atoms with Gasteiger partial charge in [0.2, 0.25) is 0 Å². The van der Waals surface area contributed by atoms with Crippen molar-refractivity contribution in [1.82, 2.24) is 4.90 Å². The molecule has 1 aliphatic heterocycles. The van der Waals surface area contributed by atoms with Crippen molar-refractivity contribution in [2.45, 2.75) is 17.7 Å². The molecule has 1 aromatic rings. The highest BCUT2D eigenvalue weighted by Gasteiger charge is 2.19. The summed E-state index contributed by atoms with van der Waals surface area (Å²) in [4.78, 5) is 2.05. The number of morpholine rings is 1. The van der Waals surface area contributed by atoms with E-state index in [4.69, 9.17) is 4.74 Å². The van der Waals surface area contributed by atoms with E-state index in [1.165, 1.54) is 12.1 Å². The zero-order valence-corrected chi connectivity index (χ0v) is 12.7. The van der Waals surface area contributed by atoms with E-state index < -0.39 is 9.84 Å². The van der Waals surface area contributed by atoms with Gasteiger partial charge in [-0.25, -0.2) is 8.42 Å². The van der Waals surface area contributed by atoms with Crippen LogP contribution in [0.15, 0.2) is 23.1 Å². The fraction of sp³-hybridized carbons (Fsp3) is 0.571. The Morgan fingerprint density at radius 1 is 1.14 bits per heavy atom. The molecule has 21 heavy (non-hydrogen) atoms. The molecule has 0 spiro atoms. The zero-order valence-electron chi connectivity index (χ0n) is 11.9. The third kappa shape index (κ3) is 4.59. The first-order valence-electron chi connectivity index (χ1n) is 7.04. The largest absolute Gasteiger partial charge is 0.508 e. The fourth-order valence-corrected chi connectivity index (χ4v) is 3.81. The number of rotatable bonds is 6. The maximum absolute atomic E-state index is 12.2. The van der Waals surface area contributed by atoms with E-state index in [1.54, 1.807) is 0 Å². The van der Waals surface area contributed by atoms with Crippen LogP contribution in [-0.4, -0.2) is 62.1 Å². The molecule has 0 aromatic heterocycles. The molecule has 6 nitrogen and oxygen atoms in total. The van der Waals surface area contributed by atoms with Gasteiger partial charge >= 0.3 is 0 Å². The number of hydrogen-bond donors (Lipinski definition) is 2. The average molecular weight is 315 g/mol. The van der Waals surface area contributed by atoms with Gasteiger partial charge in [-0.2, -0.15) is 0 Å². The number of phenolic OH excluding ortho intramolecular Hbond substituents is 2. The van der Waals surface area contributed by atoms with E-state index in [1.807, 2.05) is 0 Å². The van der Waals surface area contributed by atoms with Crippen LogP contribution in [-0.2, 0) is 14.6 Å². The number of phenols is 2. The van der Waals surface area contributed by atoms with Gasteiger partial charge in [0.25, 0.3) is 0 Å². The van der Waals surface area contributed by atoms with Crippen molar-refractivity contribution in [1.29, 1.82) is 0 Å². The fourth-order valence-electron chi connectivity index (χ4n) is 2.31. The summed E-state index contributed by atoms with van der Waals surface area (Å²) in [6.07, 6.45) is 1.30. The number of ether oxygens (including phenoxy) is 1. The second-order valence-corrected chi connectivity index (χ2v) is 7.21. The van der Waals surface area contributed by atoms with Gasteiger partial charge in [-0.3, -0.25) is 4.90 Å². The van der Waals surface area contributed by atoms with Crippen LogP contribution in [0, 0.1) is 0 Å². The monoisotopic (exact) mass is 315 g/mol.